The van der Waals surface area contributed by atoms with Crippen LogP contribution in [-0.2, 0) is 0 Å². The zero-order valence-electron chi connectivity index (χ0n) is 11.3. The van der Waals surface area contributed by atoms with Crippen LogP contribution in [-0.4, -0.2) is 36.1 Å². The van der Waals surface area contributed by atoms with E-state index in [4.69, 9.17) is 0 Å². The molecule has 1 N–H and O–H groups in total. The minimum atomic E-state index is 0.796. The zero-order chi connectivity index (χ0) is 11.7. The van der Waals surface area contributed by atoms with Crippen molar-refractivity contribution in [3.8, 4) is 0 Å². The highest BCUT2D eigenvalue weighted by molar-refractivity contribution is 4.94. The summed E-state index contributed by atoms with van der Waals surface area (Å²) in [5, 5.41) is 3.68. The lowest BCUT2D eigenvalue weighted by atomic mass is 9.84. The second kappa shape index (κ2) is 5.27. The lowest BCUT2D eigenvalue weighted by Crippen LogP contribution is -2.48. The Kier molecular flexibility index (Phi) is 3.72. The van der Waals surface area contributed by atoms with E-state index in [-0.39, 0.29) is 0 Å². The van der Waals surface area contributed by atoms with E-state index in [0.717, 1.165) is 24.0 Å². The van der Waals surface area contributed by atoms with Crippen LogP contribution in [0.1, 0.15) is 58.3 Å². The molecule has 3 unspecified atom stereocenters. The van der Waals surface area contributed by atoms with Gasteiger partial charge in [-0.3, -0.25) is 4.90 Å². The summed E-state index contributed by atoms with van der Waals surface area (Å²) < 4.78 is 0. The van der Waals surface area contributed by atoms with Crippen LogP contribution in [0.3, 0.4) is 0 Å². The molecule has 1 aliphatic heterocycles. The fourth-order valence-corrected chi connectivity index (χ4v) is 3.92. The van der Waals surface area contributed by atoms with Gasteiger partial charge in [0.05, 0.1) is 0 Å². The number of rotatable bonds is 4. The second-order valence-electron chi connectivity index (χ2n) is 6.55. The molecule has 0 aromatic heterocycles. The first-order valence-electron chi connectivity index (χ1n) is 7.84. The van der Waals surface area contributed by atoms with Gasteiger partial charge in [0.2, 0.25) is 0 Å². The molecule has 2 nitrogen and oxygen atoms in total. The van der Waals surface area contributed by atoms with Gasteiger partial charge in [0.1, 0.15) is 0 Å². The van der Waals surface area contributed by atoms with Crippen LogP contribution in [0.5, 0.6) is 0 Å². The van der Waals surface area contributed by atoms with E-state index in [9.17, 15) is 0 Å². The van der Waals surface area contributed by atoms with Gasteiger partial charge in [-0.15, -0.1) is 0 Å². The first kappa shape index (κ1) is 12.0. The van der Waals surface area contributed by atoms with E-state index < -0.39 is 0 Å². The SMILES string of the molecule is CC1CCCCC1N(CC1CCCN1)C1CC1. The van der Waals surface area contributed by atoms with Crippen LogP contribution in [0.4, 0.5) is 0 Å². The van der Waals surface area contributed by atoms with Crippen molar-refractivity contribution in [3.63, 3.8) is 0 Å². The normalized spacial score (nSPS) is 38.8. The molecule has 3 fully saturated rings. The van der Waals surface area contributed by atoms with Gasteiger partial charge in [-0.2, -0.15) is 0 Å². The van der Waals surface area contributed by atoms with Crippen LogP contribution < -0.4 is 5.32 Å². The highest BCUT2D eigenvalue weighted by Gasteiger charge is 2.38. The van der Waals surface area contributed by atoms with Gasteiger partial charge in [-0.25, -0.2) is 0 Å². The fraction of sp³-hybridized carbons (Fsp3) is 1.00. The molecule has 1 saturated heterocycles. The maximum atomic E-state index is 3.68. The molecule has 2 saturated carbocycles. The molecule has 0 spiro atoms. The first-order chi connectivity index (χ1) is 8.34. The van der Waals surface area contributed by atoms with E-state index in [0.29, 0.717) is 0 Å². The van der Waals surface area contributed by atoms with E-state index >= 15 is 0 Å². The minimum Gasteiger partial charge on any atom is -0.313 e. The number of hydrogen-bond acceptors (Lipinski definition) is 2. The number of hydrogen-bond donors (Lipinski definition) is 1. The van der Waals surface area contributed by atoms with Crippen molar-refractivity contribution in [2.24, 2.45) is 5.92 Å². The maximum absolute atomic E-state index is 3.68. The summed E-state index contributed by atoms with van der Waals surface area (Å²) in [5.41, 5.74) is 0. The highest BCUT2D eigenvalue weighted by atomic mass is 15.2. The summed E-state index contributed by atoms with van der Waals surface area (Å²) in [4.78, 5) is 2.90. The van der Waals surface area contributed by atoms with E-state index in [1.54, 1.807) is 0 Å². The summed E-state index contributed by atoms with van der Waals surface area (Å²) in [7, 11) is 0. The Labute approximate surface area is 106 Å². The van der Waals surface area contributed by atoms with Crippen molar-refractivity contribution in [3.05, 3.63) is 0 Å². The van der Waals surface area contributed by atoms with Crippen molar-refractivity contribution in [1.29, 1.82) is 0 Å². The monoisotopic (exact) mass is 236 g/mol. The molecular formula is C15H28N2. The first-order valence-corrected chi connectivity index (χ1v) is 7.84. The molecule has 3 rings (SSSR count). The van der Waals surface area contributed by atoms with Gasteiger partial charge < -0.3 is 5.32 Å². The predicted molar refractivity (Wildman–Crippen MR) is 72.2 cm³/mol. The predicted octanol–water partition coefficient (Wildman–Crippen LogP) is 2.78. The van der Waals surface area contributed by atoms with Gasteiger partial charge in [-0.05, 0) is 51.0 Å². The summed E-state index contributed by atoms with van der Waals surface area (Å²) in [6.45, 7) is 5.07. The molecule has 3 aliphatic rings. The number of nitrogens with one attached hydrogen (secondary N) is 1. The summed E-state index contributed by atoms with van der Waals surface area (Å²) in [6, 6.07) is 2.64. The third-order valence-corrected chi connectivity index (χ3v) is 5.10. The average Bonchev–Trinajstić information content (AvgIpc) is 3.05. The van der Waals surface area contributed by atoms with Crippen LogP contribution in [0, 0.1) is 5.92 Å². The smallest absolute Gasteiger partial charge is 0.0195 e. The Morgan fingerprint density at radius 2 is 1.82 bits per heavy atom. The number of nitrogens with zero attached hydrogens (tertiary/aromatic N) is 1. The third kappa shape index (κ3) is 2.85. The molecule has 3 atom stereocenters. The molecule has 17 heavy (non-hydrogen) atoms. The average molecular weight is 236 g/mol. The van der Waals surface area contributed by atoms with Crippen LogP contribution >= 0.6 is 0 Å². The molecule has 1 heterocycles. The van der Waals surface area contributed by atoms with Gasteiger partial charge in [-0.1, -0.05) is 19.8 Å². The molecule has 98 valence electrons. The topological polar surface area (TPSA) is 15.3 Å². The largest absolute Gasteiger partial charge is 0.313 e. The van der Waals surface area contributed by atoms with Crippen molar-refractivity contribution in [2.45, 2.75) is 76.4 Å². The molecular weight excluding hydrogens is 208 g/mol. The summed E-state index contributed by atoms with van der Waals surface area (Å²) in [6.07, 6.45) is 11.6. The molecule has 2 aliphatic carbocycles. The Hall–Kier alpha value is -0.0800. The fourth-order valence-electron chi connectivity index (χ4n) is 3.92. The molecule has 0 radical (unpaired) electrons. The van der Waals surface area contributed by atoms with Gasteiger partial charge in [0.15, 0.2) is 0 Å². The Morgan fingerprint density at radius 3 is 2.47 bits per heavy atom. The van der Waals surface area contributed by atoms with Gasteiger partial charge >= 0.3 is 0 Å². The van der Waals surface area contributed by atoms with E-state index in [1.165, 1.54) is 64.5 Å². The minimum absolute atomic E-state index is 0.796. The zero-order valence-corrected chi connectivity index (χ0v) is 11.3. The Balaban J connectivity index is 1.61. The van der Waals surface area contributed by atoms with E-state index in [1.807, 2.05) is 0 Å². The van der Waals surface area contributed by atoms with Gasteiger partial charge in [0.25, 0.3) is 0 Å². The quantitative estimate of drug-likeness (QED) is 0.807. The van der Waals surface area contributed by atoms with Gasteiger partial charge in [0, 0.05) is 24.7 Å². The van der Waals surface area contributed by atoms with Crippen LogP contribution in [0.25, 0.3) is 0 Å². The van der Waals surface area contributed by atoms with Crippen molar-refractivity contribution >= 4 is 0 Å². The van der Waals surface area contributed by atoms with Crippen molar-refractivity contribution in [1.82, 2.24) is 10.2 Å². The van der Waals surface area contributed by atoms with Crippen molar-refractivity contribution < 1.29 is 0 Å². The lowest BCUT2D eigenvalue weighted by Gasteiger charge is -2.40. The molecule has 0 bridgehead atoms. The maximum Gasteiger partial charge on any atom is 0.0195 e. The van der Waals surface area contributed by atoms with Crippen LogP contribution in [0.2, 0.25) is 0 Å². The highest BCUT2D eigenvalue weighted by Crippen LogP contribution is 2.36. The van der Waals surface area contributed by atoms with Crippen molar-refractivity contribution in [2.75, 3.05) is 13.1 Å². The summed E-state index contributed by atoms with van der Waals surface area (Å²) >= 11 is 0. The summed E-state index contributed by atoms with van der Waals surface area (Å²) in [5.74, 6) is 0.936. The van der Waals surface area contributed by atoms with Crippen LogP contribution in [0.15, 0.2) is 0 Å². The Morgan fingerprint density at radius 1 is 1.00 bits per heavy atom. The second-order valence-corrected chi connectivity index (χ2v) is 6.55. The lowest BCUT2D eigenvalue weighted by molar-refractivity contribution is 0.0950. The van der Waals surface area contributed by atoms with E-state index in [2.05, 4.69) is 17.1 Å². The molecule has 2 heteroatoms. The standard InChI is InChI=1S/C15H28N2/c1-12-5-2-3-7-15(12)17(14-8-9-14)11-13-6-4-10-16-13/h12-16H,2-11H2,1H3. The molecule has 0 aromatic rings. The third-order valence-electron chi connectivity index (χ3n) is 5.10. The molecule has 0 aromatic carbocycles. The Bertz CT molecular complexity index is 243. The molecule has 0 amide bonds.